The van der Waals surface area contributed by atoms with E-state index in [0.29, 0.717) is 0 Å². The van der Waals surface area contributed by atoms with Crippen LogP contribution in [0.15, 0.2) is 48.5 Å². The number of pyridine rings is 1. The molecule has 0 aliphatic rings. The fourth-order valence-electron chi connectivity index (χ4n) is 2.45. The number of nitrogens with zero attached hydrogens (tertiary/aromatic N) is 1. The van der Waals surface area contributed by atoms with E-state index in [1.54, 1.807) is 0 Å². The van der Waals surface area contributed by atoms with Gasteiger partial charge in [-0.3, -0.25) is 4.98 Å². The van der Waals surface area contributed by atoms with Crippen LogP contribution in [-0.4, -0.2) is 4.98 Å². The van der Waals surface area contributed by atoms with Crippen molar-refractivity contribution in [1.29, 1.82) is 0 Å². The number of hydrogen-bond donors (Lipinski definition) is 0. The summed E-state index contributed by atoms with van der Waals surface area (Å²) < 4.78 is 0. The molecular formula is C18H17N. The minimum atomic E-state index is 1.05. The van der Waals surface area contributed by atoms with Crippen LogP contribution < -0.4 is 0 Å². The number of aromatic nitrogens is 1. The highest BCUT2D eigenvalue weighted by atomic mass is 14.7. The molecule has 94 valence electrons. The molecule has 0 saturated carbocycles. The van der Waals surface area contributed by atoms with Gasteiger partial charge in [0.15, 0.2) is 0 Å². The third-order valence-corrected chi connectivity index (χ3v) is 3.71. The van der Waals surface area contributed by atoms with Gasteiger partial charge in [-0.05, 0) is 49.4 Å². The van der Waals surface area contributed by atoms with E-state index in [0.717, 1.165) is 11.4 Å². The monoisotopic (exact) mass is 247 g/mol. The molecule has 19 heavy (non-hydrogen) atoms. The quantitative estimate of drug-likeness (QED) is 0.600. The zero-order valence-corrected chi connectivity index (χ0v) is 11.6. The van der Waals surface area contributed by atoms with Crippen LogP contribution in [0.1, 0.15) is 16.8 Å². The van der Waals surface area contributed by atoms with Gasteiger partial charge >= 0.3 is 0 Å². The molecule has 1 heterocycles. The lowest BCUT2D eigenvalue weighted by Crippen LogP contribution is -1.91. The molecule has 0 fully saturated rings. The number of fused-ring (bicyclic) bond motifs is 1. The highest BCUT2D eigenvalue weighted by Crippen LogP contribution is 2.26. The largest absolute Gasteiger partial charge is 0.252 e. The topological polar surface area (TPSA) is 12.9 Å². The molecule has 0 bridgehead atoms. The Morgan fingerprint density at radius 1 is 0.789 bits per heavy atom. The minimum absolute atomic E-state index is 1.05. The van der Waals surface area contributed by atoms with Crippen molar-refractivity contribution in [2.75, 3.05) is 0 Å². The molecule has 0 amide bonds. The van der Waals surface area contributed by atoms with Gasteiger partial charge in [-0.15, -0.1) is 0 Å². The molecule has 0 aliphatic heterocycles. The average molecular weight is 247 g/mol. The van der Waals surface area contributed by atoms with Crippen LogP contribution in [0.5, 0.6) is 0 Å². The Hall–Kier alpha value is -2.15. The van der Waals surface area contributed by atoms with Crippen molar-refractivity contribution in [2.45, 2.75) is 20.8 Å². The van der Waals surface area contributed by atoms with E-state index in [1.807, 2.05) is 6.07 Å². The summed E-state index contributed by atoms with van der Waals surface area (Å²) in [6, 6.07) is 17.0. The fraction of sp³-hybridized carbons (Fsp3) is 0.167. The molecule has 3 aromatic rings. The summed E-state index contributed by atoms with van der Waals surface area (Å²) in [5.74, 6) is 0. The standard InChI is InChI=1S/C18H17N/c1-12-9-16-11-18(15-7-5-4-6-8-15)19-14(3)17(16)10-13(12)2/h4-11H,1-3H3. The first kappa shape index (κ1) is 11.9. The van der Waals surface area contributed by atoms with Gasteiger partial charge < -0.3 is 0 Å². The SMILES string of the molecule is Cc1cc2cc(-c3ccccc3)nc(C)c2cc1C. The van der Waals surface area contributed by atoms with Gasteiger partial charge in [-0.2, -0.15) is 0 Å². The number of hydrogen-bond acceptors (Lipinski definition) is 1. The molecule has 0 spiro atoms. The molecule has 1 heteroatoms. The van der Waals surface area contributed by atoms with Crippen LogP contribution in [0.4, 0.5) is 0 Å². The molecular weight excluding hydrogens is 230 g/mol. The maximum atomic E-state index is 4.74. The van der Waals surface area contributed by atoms with Crippen molar-refractivity contribution in [3.05, 3.63) is 65.4 Å². The fourth-order valence-corrected chi connectivity index (χ4v) is 2.45. The van der Waals surface area contributed by atoms with Gasteiger partial charge in [-0.25, -0.2) is 0 Å². The Balaban J connectivity index is 2.28. The van der Waals surface area contributed by atoms with E-state index in [2.05, 4.69) is 63.2 Å². The minimum Gasteiger partial charge on any atom is -0.252 e. The first-order valence-electron chi connectivity index (χ1n) is 6.59. The predicted octanol–water partition coefficient (Wildman–Crippen LogP) is 4.83. The predicted molar refractivity (Wildman–Crippen MR) is 81.4 cm³/mol. The van der Waals surface area contributed by atoms with Gasteiger partial charge in [-0.1, -0.05) is 36.4 Å². The molecule has 1 aromatic heterocycles. The van der Waals surface area contributed by atoms with Crippen molar-refractivity contribution in [2.24, 2.45) is 0 Å². The second-order valence-electron chi connectivity index (χ2n) is 5.12. The van der Waals surface area contributed by atoms with Crippen LogP contribution in [0.2, 0.25) is 0 Å². The molecule has 0 saturated heterocycles. The lowest BCUT2D eigenvalue weighted by atomic mass is 10.0. The van der Waals surface area contributed by atoms with Crippen LogP contribution in [0.25, 0.3) is 22.0 Å². The van der Waals surface area contributed by atoms with E-state index in [4.69, 9.17) is 4.98 Å². The molecule has 3 rings (SSSR count). The maximum absolute atomic E-state index is 4.74. The summed E-state index contributed by atoms with van der Waals surface area (Å²) in [5.41, 5.74) is 5.97. The van der Waals surface area contributed by atoms with Crippen LogP contribution in [-0.2, 0) is 0 Å². The summed E-state index contributed by atoms with van der Waals surface area (Å²) in [6.45, 7) is 6.40. The Morgan fingerprint density at radius 3 is 2.21 bits per heavy atom. The molecule has 0 atom stereocenters. The maximum Gasteiger partial charge on any atom is 0.0711 e. The second kappa shape index (κ2) is 4.51. The first-order chi connectivity index (χ1) is 9.15. The lowest BCUT2D eigenvalue weighted by Gasteiger charge is -2.09. The summed E-state index contributed by atoms with van der Waals surface area (Å²) in [4.78, 5) is 4.74. The Morgan fingerprint density at radius 2 is 1.47 bits per heavy atom. The van der Waals surface area contributed by atoms with Gasteiger partial charge in [0, 0.05) is 16.6 Å². The van der Waals surface area contributed by atoms with E-state index in [-0.39, 0.29) is 0 Å². The molecule has 0 aliphatic carbocycles. The van der Waals surface area contributed by atoms with Crippen molar-refractivity contribution in [1.82, 2.24) is 4.98 Å². The second-order valence-corrected chi connectivity index (χ2v) is 5.12. The summed E-state index contributed by atoms with van der Waals surface area (Å²) in [6.07, 6.45) is 0. The molecule has 0 unspecified atom stereocenters. The number of benzene rings is 2. The first-order valence-corrected chi connectivity index (χ1v) is 6.59. The zero-order valence-electron chi connectivity index (χ0n) is 11.6. The molecule has 0 N–H and O–H groups in total. The average Bonchev–Trinajstić information content (AvgIpc) is 2.42. The normalized spacial score (nSPS) is 10.9. The molecule has 0 radical (unpaired) electrons. The van der Waals surface area contributed by atoms with Crippen molar-refractivity contribution in [3.63, 3.8) is 0 Å². The van der Waals surface area contributed by atoms with E-state index in [9.17, 15) is 0 Å². The smallest absolute Gasteiger partial charge is 0.0711 e. The lowest BCUT2D eigenvalue weighted by molar-refractivity contribution is 1.23. The molecule has 2 aromatic carbocycles. The van der Waals surface area contributed by atoms with Gasteiger partial charge in [0.1, 0.15) is 0 Å². The summed E-state index contributed by atoms with van der Waals surface area (Å²) in [5, 5.41) is 2.53. The van der Waals surface area contributed by atoms with Crippen LogP contribution in [0.3, 0.4) is 0 Å². The van der Waals surface area contributed by atoms with Gasteiger partial charge in [0.2, 0.25) is 0 Å². The summed E-state index contributed by atoms with van der Waals surface area (Å²) in [7, 11) is 0. The zero-order chi connectivity index (χ0) is 13.4. The van der Waals surface area contributed by atoms with Gasteiger partial charge in [0.05, 0.1) is 5.69 Å². The Bertz CT molecular complexity index is 742. The van der Waals surface area contributed by atoms with E-state index < -0.39 is 0 Å². The summed E-state index contributed by atoms with van der Waals surface area (Å²) >= 11 is 0. The van der Waals surface area contributed by atoms with Crippen molar-refractivity contribution < 1.29 is 0 Å². The third-order valence-electron chi connectivity index (χ3n) is 3.71. The molecule has 1 nitrogen and oxygen atoms in total. The van der Waals surface area contributed by atoms with Crippen molar-refractivity contribution >= 4 is 10.8 Å². The van der Waals surface area contributed by atoms with E-state index in [1.165, 1.54) is 27.5 Å². The number of rotatable bonds is 1. The van der Waals surface area contributed by atoms with Gasteiger partial charge in [0.25, 0.3) is 0 Å². The Labute approximate surface area is 113 Å². The van der Waals surface area contributed by atoms with Crippen LogP contribution >= 0.6 is 0 Å². The van der Waals surface area contributed by atoms with E-state index >= 15 is 0 Å². The highest BCUT2D eigenvalue weighted by Gasteiger charge is 2.06. The highest BCUT2D eigenvalue weighted by molar-refractivity contribution is 5.89. The third kappa shape index (κ3) is 2.12. The van der Waals surface area contributed by atoms with Crippen LogP contribution in [0, 0.1) is 20.8 Å². The number of aryl methyl sites for hydroxylation is 3. The van der Waals surface area contributed by atoms with Crippen molar-refractivity contribution in [3.8, 4) is 11.3 Å². The Kier molecular flexibility index (Phi) is 2.83.